The van der Waals surface area contributed by atoms with Crippen molar-refractivity contribution in [2.75, 3.05) is 13.1 Å². The van der Waals surface area contributed by atoms with Crippen LogP contribution < -0.4 is 0 Å². The number of piperidine rings is 1. The summed E-state index contributed by atoms with van der Waals surface area (Å²) in [5, 5.41) is 1.77. The molecule has 1 aliphatic rings. The van der Waals surface area contributed by atoms with Crippen molar-refractivity contribution in [3.8, 4) is 0 Å². The van der Waals surface area contributed by atoms with Crippen molar-refractivity contribution in [2.45, 2.75) is 30.6 Å². The summed E-state index contributed by atoms with van der Waals surface area (Å²) >= 11 is 1.71. The van der Waals surface area contributed by atoms with Gasteiger partial charge in [-0.05, 0) is 31.9 Å². The smallest absolute Gasteiger partial charge is 0.245 e. The van der Waals surface area contributed by atoms with Crippen LogP contribution in [-0.2, 0) is 10.0 Å². The molecule has 0 aromatic carbocycles. The maximum absolute atomic E-state index is 13.0. The Hall–Kier alpha value is -1.77. The first-order chi connectivity index (χ1) is 11.6. The fourth-order valence-corrected chi connectivity index (χ4v) is 5.75. The number of thiazole rings is 1. The first kappa shape index (κ1) is 15.7. The fraction of sp³-hybridized carbons (Fsp3) is 0.375. The van der Waals surface area contributed by atoms with Crippen LogP contribution in [0.5, 0.6) is 0 Å². The van der Waals surface area contributed by atoms with Crippen molar-refractivity contribution in [3.05, 3.63) is 40.6 Å². The van der Waals surface area contributed by atoms with Gasteiger partial charge in [-0.15, -0.1) is 11.3 Å². The largest absolute Gasteiger partial charge is 0.345 e. The molecule has 0 aliphatic carbocycles. The molecule has 6 nitrogen and oxygen atoms in total. The zero-order valence-electron chi connectivity index (χ0n) is 13.3. The summed E-state index contributed by atoms with van der Waals surface area (Å²) in [6.07, 6.45) is 6.71. The monoisotopic (exact) mass is 362 g/mol. The lowest BCUT2D eigenvalue weighted by molar-refractivity contribution is 0.319. The summed E-state index contributed by atoms with van der Waals surface area (Å²) in [5.41, 5.74) is 0.601. The van der Waals surface area contributed by atoms with E-state index in [0.717, 1.165) is 17.8 Å². The van der Waals surface area contributed by atoms with E-state index in [9.17, 15) is 8.42 Å². The van der Waals surface area contributed by atoms with E-state index in [1.165, 1.54) is 4.88 Å². The number of rotatable bonds is 3. The Kier molecular flexibility index (Phi) is 3.90. The second-order valence-corrected chi connectivity index (χ2v) is 9.21. The molecule has 0 atom stereocenters. The number of aromatic nitrogens is 3. The number of aromatic amines is 1. The number of nitrogens with zero attached hydrogens (tertiary/aromatic N) is 3. The zero-order chi connectivity index (χ0) is 16.7. The van der Waals surface area contributed by atoms with E-state index in [1.807, 2.05) is 13.1 Å². The van der Waals surface area contributed by atoms with Gasteiger partial charge in [0.25, 0.3) is 0 Å². The lowest BCUT2D eigenvalue weighted by Gasteiger charge is -2.30. The Morgan fingerprint density at radius 1 is 1.29 bits per heavy atom. The molecule has 0 unspecified atom stereocenters. The van der Waals surface area contributed by atoms with E-state index in [0.29, 0.717) is 34.9 Å². The highest BCUT2D eigenvalue weighted by Gasteiger charge is 2.32. The standard InChI is InChI=1S/C16H18N4O2S2/c1-11-9-19-16(23-11)12-4-7-20(8-5-12)24(21,22)14-10-18-15-13(14)3-2-6-17-15/h2-3,6,9-10,12H,4-5,7-8H2,1H3,(H,17,18). The van der Waals surface area contributed by atoms with Gasteiger partial charge >= 0.3 is 0 Å². The van der Waals surface area contributed by atoms with Crippen LogP contribution in [0, 0.1) is 6.92 Å². The minimum Gasteiger partial charge on any atom is -0.345 e. The number of aryl methyl sites for hydroxylation is 1. The van der Waals surface area contributed by atoms with Gasteiger partial charge in [0.15, 0.2) is 0 Å². The molecule has 4 heterocycles. The molecule has 126 valence electrons. The third-order valence-electron chi connectivity index (χ3n) is 4.47. The quantitative estimate of drug-likeness (QED) is 0.777. The predicted octanol–water partition coefficient (Wildman–Crippen LogP) is 2.90. The molecule has 24 heavy (non-hydrogen) atoms. The van der Waals surface area contributed by atoms with Gasteiger partial charge < -0.3 is 4.98 Å². The van der Waals surface area contributed by atoms with Gasteiger partial charge in [-0.1, -0.05) is 0 Å². The number of H-pyrrole nitrogens is 1. The van der Waals surface area contributed by atoms with Crippen molar-refractivity contribution in [2.24, 2.45) is 0 Å². The SMILES string of the molecule is Cc1cnc(C2CCN(S(=O)(=O)c3c[nH]c4ncccc34)CC2)s1. The Morgan fingerprint density at radius 3 is 2.79 bits per heavy atom. The summed E-state index contributed by atoms with van der Waals surface area (Å²) in [5.74, 6) is 0.361. The third-order valence-corrected chi connectivity index (χ3v) is 7.49. The molecule has 4 rings (SSSR count). The highest BCUT2D eigenvalue weighted by Crippen LogP contribution is 2.33. The van der Waals surface area contributed by atoms with E-state index in [2.05, 4.69) is 15.0 Å². The number of fused-ring (bicyclic) bond motifs is 1. The fourth-order valence-electron chi connectivity index (χ4n) is 3.19. The third kappa shape index (κ3) is 2.64. The van der Waals surface area contributed by atoms with Crippen LogP contribution in [0.25, 0.3) is 11.0 Å². The van der Waals surface area contributed by atoms with Gasteiger partial charge in [0.2, 0.25) is 10.0 Å². The highest BCUT2D eigenvalue weighted by molar-refractivity contribution is 7.89. The number of hydrogen-bond donors (Lipinski definition) is 1. The summed E-state index contributed by atoms with van der Waals surface area (Å²) in [6.45, 7) is 3.10. The van der Waals surface area contributed by atoms with E-state index in [-0.39, 0.29) is 0 Å². The van der Waals surface area contributed by atoms with Gasteiger partial charge in [-0.3, -0.25) is 0 Å². The summed E-state index contributed by atoms with van der Waals surface area (Å²) in [6, 6.07) is 3.54. The van der Waals surface area contributed by atoms with Crippen molar-refractivity contribution in [1.82, 2.24) is 19.3 Å². The maximum atomic E-state index is 13.0. The Bertz CT molecular complexity index is 969. The number of pyridine rings is 1. The van der Waals surface area contributed by atoms with Crippen LogP contribution >= 0.6 is 11.3 Å². The second-order valence-electron chi connectivity index (χ2n) is 6.04. The number of sulfonamides is 1. The van der Waals surface area contributed by atoms with Crippen LogP contribution in [-0.4, -0.2) is 40.8 Å². The Labute approximate surface area is 144 Å². The minimum absolute atomic E-state index is 0.314. The molecule has 0 radical (unpaired) electrons. The minimum atomic E-state index is -3.50. The summed E-state index contributed by atoms with van der Waals surface area (Å²) in [7, 11) is -3.50. The van der Waals surface area contributed by atoms with Crippen LogP contribution in [0.3, 0.4) is 0 Å². The van der Waals surface area contributed by atoms with Crippen molar-refractivity contribution in [3.63, 3.8) is 0 Å². The molecule has 0 amide bonds. The van der Waals surface area contributed by atoms with E-state index < -0.39 is 10.0 Å². The van der Waals surface area contributed by atoms with E-state index in [1.54, 1.807) is 40.2 Å². The molecule has 8 heteroatoms. The topological polar surface area (TPSA) is 79.0 Å². The Balaban J connectivity index is 1.56. The molecule has 1 aliphatic heterocycles. The molecule has 0 saturated carbocycles. The average Bonchev–Trinajstić information content (AvgIpc) is 3.21. The molecular formula is C16H18N4O2S2. The van der Waals surface area contributed by atoms with E-state index >= 15 is 0 Å². The molecule has 1 saturated heterocycles. The van der Waals surface area contributed by atoms with Crippen LogP contribution in [0.1, 0.15) is 28.6 Å². The number of nitrogens with one attached hydrogen (secondary N) is 1. The summed E-state index contributed by atoms with van der Waals surface area (Å²) < 4.78 is 27.5. The van der Waals surface area contributed by atoms with Crippen LogP contribution in [0.15, 0.2) is 35.6 Å². The van der Waals surface area contributed by atoms with Crippen molar-refractivity contribution >= 4 is 32.4 Å². The molecule has 0 spiro atoms. The van der Waals surface area contributed by atoms with Crippen molar-refractivity contribution < 1.29 is 8.42 Å². The molecule has 3 aromatic rings. The molecule has 3 aromatic heterocycles. The maximum Gasteiger partial charge on any atom is 0.245 e. The average molecular weight is 362 g/mol. The summed E-state index contributed by atoms with van der Waals surface area (Å²) in [4.78, 5) is 13.1. The van der Waals surface area contributed by atoms with E-state index in [4.69, 9.17) is 0 Å². The van der Waals surface area contributed by atoms with Gasteiger partial charge in [0.1, 0.15) is 10.5 Å². The van der Waals surface area contributed by atoms with Gasteiger partial charge in [-0.25, -0.2) is 18.4 Å². The zero-order valence-corrected chi connectivity index (χ0v) is 14.9. The van der Waals surface area contributed by atoms with Gasteiger partial charge in [0, 0.05) is 47.9 Å². The first-order valence-electron chi connectivity index (χ1n) is 7.90. The highest BCUT2D eigenvalue weighted by atomic mass is 32.2. The number of hydrogen-bond acceptors (Lipinski definition) is 5. The van der Waals surface area contributed by atoms with Crippen molar-refractivity contribution in [1.29, 1.82) is 0 Å². The predicted molar refractivity (Wildman–Crippen MR) is 93.7 cm³/mol. The lowest BCUT2D eigenvalue weighted by atomic mass is 9.99. The lowest BCUT2D eigenvalue weighted by Crippen LogP contribution is -2.37. The van der Waals surface area contributed by atoms with Crippen LogP contribution in [0.2, 0.25) is 0 Å². The molecular weight excluding hydrogens is 344 g/mol. The normalized spacial score (nSPS) is 17.5. The van der Waals surface area contributed by atoms with Crippen LogP contribution in [0.4, 0.5) is 0 Å². The Morgan fingerprint density at radius 2 is 2.08 bits per heavy atom. The van der Waals surface area contributed by atoms with Gasteiger partial charge in [0.05, 0.1) is 5.01 Å². The first-order valence-corrected chi connectivity index (χ1v) is 10.2. The molecule has 0 bridgehead atoms. The van der Waals surface area contributed by atoms with Gasteiger partial charge in [-0.2, -0.15) is 4.31 Å². The molecule has 1 N–H and O–H groups in total. The second kappa shape index (κ2) is 5.94. The molecule has 1 fully saturated rings.